The number of fused-ring (bicyclic) bond motifs is 1. The van der Waals surface area contributed by atoms with E-state index < -0.39 is 11.8 Å². The molecule has 0 spiro atoms. The number of benzene rings is 3. The highest BCUT2D eigenvalue weighted by molar-refractivity contribution is 7.80. The zero-order chi connectivity index (χ0) is 24.4. The number of nitrogens with one attached hydrogen (secondary N) is 2. The van der Waals surface area contributed by atoms with Gasteiger partial charge < -0.3 is 15.5 Å². The van der Waals surface area contributed by atoms with Gasteiger partial charge in [0.25, 0.3) is 0 Å². The fourth-order valence-corrected chi connectivity index (χ4v) is 3.77. The number of carboxylic acid groups (broad SMARTS) is 1. The number of rotatable bonds is 5. The molecule has 0 unspecified atom stereocenters. The molecule has 0 aliphatic heterocycles. The van der Waals surface area contributed by atoms with Crippen molar-refractivity contribution in [3.8, 4) is 11.6 Å². The van der Waals surface area contributed by atoms with Crippen molar-refractivity contribution in [3.63, 3.8) is 0 Å². The molecule has 4 rings (SSSR count). The molecule has 0 saturated carbocycles. The average molecular weight is 477 g/mol. The number of aryl methyl sites for hydroxylation is 1. The molecule has 0 radical (unpaired) electrons. The van der Waals surface area contributed by atoms with Crippen LogP contribution in [0.4, 0.5) is 10.1 Å². The lowest BCUT2D eigenvalue weighted by Gasteiger charge is -2.09. The zero-order valence-electron chi connectivity index (χ0n) is 18.3. The molecular formula is C25H21FN4O3S. The summed E-state index contributed by atoms with van der Waals surface area (Å²) in [6.07, 6.45) is 0. The highest BCUT2D eigenvalue weighted by Crippen LogP contribution is 2.35. The van der Waals surface area contributed by atoms with Crippen LogP contribution in [0.1, 0.15) is 28.4 Å². The van der Waals surface area contributed by atoms with Gasteiger partial charge in [0.05, 0.1) is 22.4 Å². The summed E-state index contributed by atoms with van der Waals surface area (Å²) in [5, 5.41) is 27.9. The van der Waals surface area contributed by atoms with E-state index in [-0.39, 0.29) is 16.6 Å². The number of hydrogen-bond donors (Lipinski definition) is 4. The van der Waals surface area contributed by atoms with Gasteiger partial charge in [-0.2, -0.15) is 5.10 Å². The number of nitrogens with zero attached hydrogens (tertiary/aromatic N) is 2. The van der Waals surface area contributed by atoms with Crippen molar-refractivity contribution in [1.29, 1.82) is 0 Å². The Morgan fingerprint density at radius 1 is 1.06 bits per heavy atom. The molecule has 0 saturated heterocycles. The van der Waals surface area contributed by atoms with Gasteiger partial charge in [-0.25, -0.2) is 9.18 Å². The van der Waals surface area contributed by atoms with Crippen LogP contribution in [-0.2, 0) is 0 Å². The van der Waals surface area contributed by atoms with E-state index in [0.29, 0.717) is 27.9 Å². The average Bonchev–Trinajstić information content (AvgIpc) is 3.09. The molecule has 3 aromatic carbocycles. The summed E-state index contributed by atoms with van der Waals surface area (Å²) in [5.74, 6) is -1.53. The van der Waals surface area contributed by atoms with E-state index in [0.717, 1.165) is 11.3 Å². The molecule has 0 amide bonds. The van der Waals surface area contributed by atoms with E-state index in [1.807, 2.05) is 31.2 Å². The molecule has 7 nitrogen and oxygen atoms in total. The maximum absolute atomic E-state index is 14.1. The summed E-state index contributed by atoms with van der Waals surface area (Å²) < 4.78 is 15.7. The van der Waals surface area contributed by atoms with Gasteiger partial charge in [0.1, 0.15) is 5.82 Å². The molecule has 4 N–H and O–H groups in total. The predicted molar refractivity (Wildman–Crippen MR) is 135 cm³/mol. The van der Waals surface area contributed by atoms with Gasteiger partial charge in [-0.1, -0.05) is 17.7 Å². The van der Waals surface area contributed by atoms with E-state index >= 15 is 0 Å². The molecule has 4 aromatic rings. The van der Waals surface area contributed by atoms with Crippen molar-refractivity contribution < 1.29 is 19.4 Å². The van der Waals surface area contributed by atoms with Crippen molar-refractivity contribution in [2.24, 2.45) is 5.10 Å². The number of hydrazone groups is 1. The van der Waals surface area contributed by atoms with Crippen molar-refractivity contribution in [2.75, 3.05) is 5.32 Å². The van der Waals surface area contributed by atoms with Crippen LogP contribution >= 0.6 is 12.2 Å². The fourth-order valence-electron chi connectivity index (χ4n) is 3.61. The van der Waals surface area contributed by atoms with E-state index in [9.17, 15) is 14.3 Å². The number of aromatic nitrogens is 1. The highest BCUT2D eigenvalue weighted by Gasteiger charge is 2.20. The zero-order valence-corrected chi connectivity index (χ0v) is 19.2. The molecule has 172 valence electrons. The number of aromatic carboxylic acids is 1. The molecular weight excluding hydrogens is 455 g/mol. The largest absolute Gasteiger partial charge is 0.494 e. The minimum absolute atomic E-state index is 0.0735. The third kappa shape index (κ3) is 4.60. The molecule has 0 aliphatic rings. The van der Waals surface area contributed by atoms with Crippen LogP contribution in [0.3, 0.4) is 0 Å². The van der Waals surface area contributed by atoms with Gasteiger partial charge in [0.2, 0.25) is 5.88 Å². The first-order valence-corrected chi connectivity index (χ1v) is 10.7. The lowest BCUT2D eigenvalue weighted by atomic mass is 10.1. The molecule has 0 bridgehead atoms. The first-order valence-electron chi connectivity index (χ1n) is 10.3. The summed E-state index contributed by atoms with van der Waals surface area (Å²) in [4.78, 5) is 11.0. The van der Waals surface area contributed by atoms with Crippen molar-refractivity contribution in [1.82, 2.24) is 9.99 Å². The summed E-state index contributed by atoms with van der Waals surface area (Å²) in [7, 11) is 0. The van der Waals surface area contributed by atoms with Crippen molar-refractivity contribution in [2.45, 2.75) is 13.8 Å². The Kier molecular flexibility index (Phi) is 6.29. The first kappa shape index (κ1) is 22.9. The summed E-state index contributed by atoms with van der Waals surface area (Å²) in [6, 6.07) is 18.0. The lowest BCUT2D eigenvalue weighted by molar-refractivity contribution is 0.0697. The second kappa shape index (κ2) is 9.32. The standard InChI is InChI=1S/C25H21FN4O3S/c1-14-3-10-19(11-4-14)30-21-12-7-17(26)13-20(21)22(23(30)31)15(2)28-29-25(34)27-18-8-5-16(6-9-18)24(32)33/h3-13,31H,1-2H3,(H,32,33)(H2,27,29,34)/b28-15+. The van der Waals surface area contributed by atoms with Gasteiger partial charge in [-0.3, -0.25) is 9.99 Å². The van der Waals surface area contributed by atoms with Gasteiger partial charge >= 0.3 is 5.97 Å². The van der Waals surface area contributed by atoms with E-state index in [1.54, 1.807) is 29.7 Å². The lowest BCUT2D eigenvalue weighted by Crippen LogP contribution is -2.25. The second-order valence-corrected chi connectivity index (χ2v) is 8.08. The Hall–Kier alpha value is -4.24. The Labute approximate surface area is 200 Å². The summed E-state index contributed by atoms with van der Waals surface area (Å²) in [6.45, 7) is 3.65. The van der Waals surface area contributed by atoms with Crippen molar-refractivity contribution >= 4 is 45.6 Å². The third-order valence-electron chi connectivity index (χ3n) is 5.27. The van der Waals surface area contributed by atoms with E-state index in [2.05, 4.69) is 15.8 Å². The number of anilines is 1. The molecule has 0 fully saturated rings. The third-order valence-corrected chi connectivity index (χ3v) is 5.47. The van der Waals surface area contributed by atoms with Gasteiger partial charge in [-0.05, 0) is 80.7 Å². The Balaban J connectivity index is 1.64. The van der Waals surface area contributed by atoms with Gasteiger partial charge in [0.15, 0.2) is 5.11 Å². The number of carbonyl (C=O) groups is 1. The van der Waals surface area contributed by atoms with Crippen LogP contribution in [0.15, 0.2) is 71.8 Å². The molecule has 0 aliphatic carbocycles. The van der Waals surface area contributed by atoms with E-state index in [1.165, 1.54) is 24.3 Å². The summed E-state index contributed by atoms with van der Waals surface area (Å²) in [5.41, 5.74) is 6.65. The smallest absolute Gasteiger partial charge is 0.335 e. The van der Waals surface area contributed by atoms with Gasteiger partial charge in [0, 0.05) is 16.8 Å². The monoisotopic (exact) mass is 476 g/mol. The molecule has 0 atom stereocenters. The van der Waals surface area contributed by atoms with Crippen LogP contribution in [0, 0.1) is 12.7 Å². The molecule has 1 heterocycles. The SMILES string of the molecule is C/C(=N\NC(=S)Nc1ccc(C(=O)O)cc1)c1c(O)n(-c2ccc(C)cc2)c2ccc(F)cc12. The summed E-state index contributed by atoms with van der Waals surface area (Å²) >= 11 is 5.26. The molecule has 34 heavy (non-hydrogen) atoms. The maximum Gasteiger partial charge on any atom is 0.335 e. The van der Waals surface area contributed by atoms with Crippen LogP contribution in [0.5, 0.6) is 5.88 Å². The minimum atomic E-state index is -1.02. The Bertz CT molecular complexity index is 1430. The van der Waals surface area contributed by atoms with Crippen LogP contribution in [0.25, 0.3) is 16.6 Å². The Morgan fingerprint density at radius 3 is 2.38 bits per heavy atom. The van der Waals surface area contributed by atoms with Crippen LogP contribution in [-0.4, -0.2) is 31.6 Å². The number of aromatic hydroxyl groups is 1. The van der Waals surface area contributed by atoms with Crippen molar-refractivity contribution in [3.05, 3.63) is 89.2 Å². The second-order valence-electron chi connectivity index (χ2n) is 7.68. The predicted octanol–water partition coefficient (Wildman–Crippen LogP) is 5.19. The van der Waals surface area contributed by atoms with Crippen LogP contribution in [0.2, 0.25) is 0 Å². The first-order chi connectivity index (χ1) is 16.2. The quantitative estimate of drug-likeness (QED) is 0.180. The number of thiocarbonyl (C=S) groups is 1. The molecule has 1 aromatic heterocycles. The number of halogens is 1. The van der Waals surface area contributed by atoms with Crippen LogP contribution < -0.4 is 10.7 Å². The van der Waals surface area contributed by atoms with Gasteiger partial charge in [-0.15, -0.1) is 0 Å². The fraction of sp³-hybridized carbons (Fsp3) is 0.0800. The maximum atomic E-state index is 14.1. The number of hydrogen-bond acceptors (Lipinski definition) is 4. The number of carboxylic acids is 1. The topological polar surface area (TPSA) is 98.9 Å². The highest BCUT2D eigenvalue weighted by atomic mass is 32.1. The van der Waals surface area contributed by atoms with E-state index in [4.69, 9.17) is 17.3 Å². The molecule has 9 heteroatoms. The minimum Gasteiger partial charge on any atom is -0.494 e. The normalized spacial score (nSPS) is 11.4. The Morgan fingerprint density at radius 2 is 1.74 bits per heavy atom.